The summed E-state index contributed by atoms with van der Waals surface area (Å²) in [5, 5.41) is 3.36. The summed E-state index contributed by atoms with van der Waals surface area (Å²) in [6.07, 6.45) is 2.64. The molecular weight excluding hydrogens is 426 g/mol. The van der Waals surface area contributed by atoms with Crippen LogP contribution in [-0.4, -0.2) is 18.4 Å². The van der Waals surface area contributed by atoms with Crippen LogP contribution in [0.2, 0.25) is 0 Å². The van der Waals surface area contributed by atoms with E-state index in [4.69, 9.17) is 9.15 Å². The standard InChI is InChI=1S/C29H27NO4/c1-3-33-29(32)26-18(2)30-23-16-22(25-10-7-15-34-25)17-24(31)28(23)27(26)21-13-11-20(12-14-21)19-8-5-4-6-9-19/h4-15,22,27,30H,3,16-17H2,1-2H3. The highest BCUT2D eigenvalue weighted by Gasteiger charge is 2.41. The number of dihydropyridines is 1. The van der Waals surface area contributed by atoms with E-state index in [0.29, 0.717) is 24.0 Å². The van der Waals surface area contributed by atoms with Gasteiger partial charge in [-0.05, 0) is 49.1 Å². The minimum atomic E-state index is -0.467. The summed E-state index contributed by atoms with van der Waals surface area (Å²) in [6.45, 7) is 3.94. The fraction of sp³-hybridized carbons (Fsp3) is 0.241. The first-order chi connectivity index (χ1) is 16.6. The smallest absolute Gasteiger partial charge is 0.336 e. The van der Waals surface area contributed by atoms with Crippen LogP contribution in [-0.2, 0) is 14.3 Å². The molecule has 5 nitrogen and oxygen atoms in total. The zero-order chi connectivity index (χ0) is 23.7. The lowest BCUT2D eigenvalue weighted by molar-refractivity contribution is -0.138. The van der Waals surface area contributed by atoms with Crippen LogP contribution in [0.4, 0.5) is 0 Å². The van der Waals surface area contributed by atoms with E-state index in [1.165, 1.54) is 0 Å². The zero-order valence-corrected chi connectivity index (χ0v) is 19.3. The first-order valence-corrected chi connectivity index (χ1v) is 11.7. The van der Waals surface area contributed by atoms with Gasteiger partial charge in [-0.15, -0.1) is 0 Å². The summed E-state index contributed by atoms with van der Waals surface area (Å²) in [6, 6.07) is 22.0. The molecule has 2 heterocycles. The summed E-state index contributed by atoms with van der Waals surface area (Å²) >= 11 is 0. The van der Waals surface area contributed by atoms with Crippen LogP contribution < -0.4 is 5.32 Å². The molecule has 1 aliphatic heterocycles. The number of benzene rings is 2. The zero-order valence-electron chi connectivity index (χ0n) is 19.3. The number of carbonyl (C=O) groups excluding carboxylic acids is 2. The van der Waals surface area contributed by atoms with Crippen LogP contribution in [0.5, 0.6) is 0 Å². The minimum Gasteiger partial charge on any atom is -0.469 e. The van der Waals surface area contributed by atoms with E-state index in [9.17, 15) is 9.59 Å². The van der Waals surface area contributed by atoms with E-state index in [1.54, 1.807) is 13.2 Å². The molecule has 2 aromatic carbocycles. The molecule has 5 heteroatoms. The number of hydrogen-bond acceptors (Lipinski definition) is 5. The van der Waals surface area contributed by atoms with Crippen molar-refractivity contribution >= 4 is 11.8 Å². The van der Waals surface area contributed by atoms with Crippen molar-refractivity contribution in [2.24, 2.45) is 0 Å². The van der Waals surface area contributed by atoms with Gasteiger partial charge in [0.15, 0.2) is 5.78 Å². The second-order valence-electron chi connectivity index (χ2n) is 8.74. The van der Waals surface area contributed by atoms with E-state index < -0.39 is 11.9 Å². The third-order valence-corrected chi connectivity index (χ3v) is 6.62. The van der Waals surface area contributed by atoms with E-state index in [1.807, 2.05) is 61.5 Å². The Balaban J connectivity index is 1.57. The van der Waals surface area contributed by atoms with Crippen LogP contribution >= 0.6 is 0 Å². The normalized spacial score (nSPS) is 20.1. The second kappa shape index (κ2) is 9.18. The topological polar surface area (TPSA) is 68.5 Å². The molecule has 0 spiro atoms. The molecule has 2 aliphatic rings. The molecule has 5 rings (SSSR count). The number of carbonyl (C=O) groups is 2. The Labute approximate surface area is 199 Å². The molecule has 1 N–H and O–H groups in total. The van der Waals surface area contributed by atoms with Crippen LogP contribution in [0.3, 0.4) is 0 Å². The quantitative estimate of drug-likeness (QED) is 0.489. The van der Waals surface area contributed by atoms with Gasteiger partial charge in [-0.25, -0.2) is 4.79 Å². The summed E-state index contributed by atoms with van der Waals surface area (Å²) < 4.78 is 11.0. The van der Waals surface area contributed by atoms with E-state index >= 15 is 0 Å². The molecule has 3 aromatic rings. The molecule has 0 saturated carbocycles. The third kappa shape index (κ3) is 3.98. The van der Waals surface area contributed by atoms with Gasteiger partial charge in [0.25, 0.3) is 0 Å². The average molecular weight is 454 g/mol. The Hall–Kier alpha value is -3.86. The Morgan fingerprint density at radius 3 is 2.41 bits per heavy atom. The van der Waals surface area contributed by atoms with E-state index in [-0.39, 0.29) is 18.3 Å². The van der Waals surface area contributed by atoms with Gasteiger partial charge in [0.2, 0.25) is 0 Å². The maximum Gasteiger partial charge on any atom is 0.336 e. The number of allylic oxidation sites excluding steroid dienone is 3. The van der Waals surface area contributed by atoms with Gasteiger partial charge in [0.05, 0.1) is 18.4 Å². The van der Waals surface area contributed by atoms with Gasteiger partial charge in [-0.1, -0.05) is 54.6 Å². The Bertz CT molecular complexity index is 1270. The fourth-order valence-corrected chi connectivity index (χ4v) is 5.08. The van der Waals surface area contributed by atoms with Gasteiger partial charge < -0.3 is 14.5 Å². The second-order valence-corrected chi connectivity index (χ2v) is 8.74. The molecule has 1 aromatic heterocycles. The molecular formula is C29H27NO4. The maximum atomic E-state index is 13.5. The van der Waals surface area contributed by atoms with Crippen LogP contribution in [0, 0.1) is 0 Å². The Morgan fingerprint density at radius 2 is 1.74 bits per heavy atom. The summed E-state index contributed by atoms with van der Waals surface area (Å²) in [7, 11) is 0. The van der Waals surface area contributed by atoms with E-state index in [2.05, 4.69) is 17.4 Å². The van der Waals surface area contributed by atoms with Crippen LogP contribution in [0.15, 0.2) is 100.0 Å². The average Bonchev–Trinajstić information content (AvgIpc) is 3.39. The number of ketones is 1. The predicted octanol–water partition coefficient (Wildman–Crippen LogP) is 5.87. The summed E-state index contributed by atoms with van der Waals surface area (Å²) in [5.41, 5.74) is 5.84. The molecule has 0 amide bonds. The monoisotopic (exact) mass is 453 g/mol. The molecule has 0 bridgehead atoms. The number of Topliss-reactive ketones (excluding diaryl/α,β-unsaturated/α-hetero) is 1. The molecule has 0 saturated heterocycles. The highest BCUT2D eigenvalue weighted by molar-refractivity contribution is 6.04. The van der Waals surface area contributed by atoms with Gasteiger partial charge in [0, 0.05) is 35.2 Å². The number of ether oxygens (including phenoxy) is 1. The lowest BCUT2D eigenvalue weighted by Gasteiger charge is -2.36. The Morgan fingerprint density at radius 1 is 1.00 bits per heavy atom. The van der Waals surface area contributed by atoms with E-state index in [0.717, 1.165) is 33.8 Å². The lowest BCUT2D eigenvalue weighted by Crippen LogP contribution is -2.36. The number of furan rings is 1. The highest BCUT2D eigenvalue weighted by Crippen LogP contribution is 2.46. The predicted molar refractivity (Wildman–Crippen MR) is 130 cm³/mol. The first kappa shape index (κ1) is 22.0. The summed E-state index contributed by atoms with van der Waals surface area (Å²) in [5.74, 6) is -0.0426. The largest absolute Gasteiger partial charge is 0.469 e. The van der Waals surface area contributed by atoms with Gasteiger partial charge in [-0.2, -0.15) is 0 Å². The molecule has 34 heavy (non-hydrogen) atoms. The van der Waals surface area contributed by atoms with Crippen molar-refractivity contribution in [2.75, 3.05) is 6.61 Å². The molecule has 0 radical (unpaired) electrons. The minimum absolute atomic E-state index is 0.0215. The highest BCUT2D eigenvalue weighted by atomic mass is 16.5. The molecule has 2 atom stereocenters. The van der Waals surface area contributed by atoms with Crippen LogP contribution in [0.1, 0.15) is 49.8 Å². The van der Waals surface area contributed by atoms with Crippen LogP contribution in [0.25, 0.3) is 11.1 Å². The Kier molecular flexibility index (Phi) is 5.93. The van der Waals surface area contributed by atoms with Crippen molar-refractivity contribution in [1.29, 1.82) is 0 Å². The fourth-order valence-electron chi connectivity index (χ4n) is 5.08. The number of rotatable bonds is 5. The molecule has 1 aliphatic carbocycles. The summed E-state index contributed by atoms with van der Waals surface area (Å²) in [4.78, 5) is 26.6. The number of esters is 1. The van der Waals surface area contributed by atoms with Crippen molar-refractivity contribution in [3.8, 4) is 11.1 Å². The van der Waals surface area contributed by atoms with Crippen molar-refractivity contribution in [1.82, 2.24) is 5.32 Å². The third-order valence-electron chi connectivity index (χ3n) is 6.62. The first-order valence-electron chi connectivity index (χ1n) is 11.7. The van der Waals surface area contributed by atoms with Gasteiger partial charge in [-0.3, -0.25) is 4.79 Å². The van der Waals surface area contributed by atoms with Crippen molar-refractivity contribution in [2.45, 2.75) is 38.5 Å². The van der Waals surface area contributed by atoms with Crippen molar-refractivity contribution in [3.63, 3.8) is 0 Å². The van der Waals surface area contributed by atoms with Gasteiger partial charge >= 0.3 is 5.97 Å². The maximum absolute atomic E-state index is 13.5. The van der Waals surface area contributed by atoms with Crippen molar-refractivity contribution in [3.05, 3.63) is 107 Å². The van der Waals surface area contributed by atoms with Crippen molar-refractivity contribution < 1.29 is 18.7 Å². The lowest BCUT2D eigenvalue weighted by atomic mass is 9.72. The number of hydrogen-bond donors (Lipinski definition) is 1. The molecule has 172 valence electrons. The van der Waals surface area contributed by atoms with Gasteiger partial charge in [0.1, 0.15) is 5.76 Å². The SMILES string of the molecule is CCOC(=O)C1=C(C)NC2=C(C(=O)CC(c3ccco3)C2)C1c1ccc(-c2ccccc2)cc1. The molecule has 0 fully saturated rings. The molecule has 2 unspecified atom stereocenters. The number of nitrogens with one attached hydrogen (secondary N) is 1.